The van der Waals surface area contributed by atoms with Gasteiger partial charge in [0, 0.05) is 25.2 Å². The first kappa shape index (κ1) is 20.5. The Labute approximate surface area is 174 Å². The van der Waals surface area contributed by atoms with Crippen molar-refractivity contribution < 1.29 is 23.1 Å². The monoisotopic (exact) mass is 429 g/mol. The number of sulfonamides is 1. The van der Waals surface area contributed by atoms with Crippen LogP contribution < -0.4 is 10.6 Å². The summed E-state index contributed by atoms with van der Waals surface area (Å²) in [6.07, 6.45) is 0.0192. The highest BCUT2D eigenvalue weighted by Crippen LogP contribution is 2.33. The summed E-state index contributed by atoms with van der Waals surface area (Å²) < 4.78 is 27.5. The van der Waals surface area contributed by atoms with Crippen molar-refractivity contribution in [2.45, 2.75) is 49.9 Å². The maximum atomic E-state index is 13.1. The fraction of sp³-hybridized carbons (Fsp3) is 0.333. The van der Waals surface area contributed by atoms with Crippen molar-refractivity contribution >= 4 is 27.5 Å². The van der Waals surface area contributed by atoms with Crippen LogP contribution in [0.4, 0.5) is 5.69 Å². The van der Waals surface area contributed by atoms with Gasteiger partial charge in [-0.25, -0.2) is 8.42 Å². The Hall–Kier alpha value is -2.75. The number of hydrogen-bond acceptors (Lipinski definition) is 6. The average Bonchev–Trinajstić information content (AvgIpc) is 3.12. The second-order valence-electron chi connectivity index (χ2n) is 7.65. The maximum absolute atomic E-state index is 13.1. The van der Waals surface area contributed by atoms with Crippen LogP contribution in [-0.2, 0) is 32.7 Å². The smallest absolute Gasteiger partial charge is 0.243 e. The van der Waals surface area contributed by atoms with E-state index in [2.05, 4.69) is 10.6 Å². The molecule has 0 aromatic heterocycles. The van der Waals surface area contributed by atoms with Gasteiger partial charge in [-0.1, -0.05) is 18.2 Å². The van der Waals surface area contributed by atoms with Crippen LogP contribution in [0.15, 0.2) is 47.4 Å². The summed E-state index contributed by atoms with van der Waals surface area (Å²) in [6, 6.07) is 11.8. The number of aliphatic hydroxyl groups excluding tert-OH is 1. The van der Waals surface area contributed by atoms with Gasteiger partial charge < -0.3 is 10.4 Å². The number of aliphatic hydroxyl groups is 1. The molecule has 0 radical (unpaired) electrons. The zero-order valence-corrected chi connectivity index (χ0v) is 17.3. The second-order valence-corrected chi connectivity index (χ2v) is 9.59. The van der Waals surface area contributed by atoms with E-state index in [-0.39, 0.29) is 29.8 Å². The normalized spacial score (nSPS) is 20.5. The molecule has 0 bridgehead atoms. The molecule has 30 heavy (non-hydrogen) atoms. The molecule has 0 spiro atoms. The maximum Gasteiger partial charge on any atom is 0.243 e. The highest BCUT2D eigenvalue weighted by molar-refractivity contribution is 7.89. The number of anilines is 1. The van der Waals surface area contributed by atoms with Crippen molar-refractivity contribution in [2.24, 2.45) is 0 Å². The molecule has 2 aliphatic heterocycles. The lowest BCUT2D eigenvalue weighted by molar-refractivity contribution is -0.134. The predicted molar refractivity (Wildman–Crippen MR) is 110 cm³/mol. The molecule has 2 aromatic rings. The van der Waals surface area contributed by atoms with Crippen LogP contribution in [0.3, 0.4) is 0 Å². The Bertz CT molecular complexity index is 1100. The van der Waals surface area contributed by atoms with Gasteiger partial charge in [0.25, 0.3) is 0 Å². The minimum atomic E-state index is -3.69. The van der Waals surface area contributed by atoms with Crippen LogP contribution in [0, 0.1) is 0 Å². The summed E-state index contributed by atoms with van der Waals surface area (Å²) >= 11 is 0. The van der Waals surface area contributed by atoms with E-state index in [9.17, 15) is 23.1 Å². The number of carbonyl (C=O) groups is 2. The van der Waals surface area contributed by atoms with E-state index in [1.165, 1.54) is 16.4 Å². The van der Waals surface area contributed by atoms with E-state index in [0.717, 1.165) is 16.7 Å². The third-order valence-corrected chi connectivity index (χ3v) is 7.24. The molecule has 158 valence electrons. The van der Waals surface area contributed by atoms with Gasteiger partial charge in [-0.3, -0.25) is 14.9 Å². The SMILES string of the molecule is CC(O)Nc1ccc(S(=O)(=O)N2Cc3ccc(C4CCC(=O)NC4=O)cc3C2)cc1. The molecule has 2 aliphatic rings. The van der Waals surface area contributed by atoms with Crippen LogP contribution in [0.2, 0.25) is 0 Å². The van der Waals surface area contributed by atoms with Crippen LogP contribution in [0.25, 0.3) is 0 Å². The number of amides is 2. The highest BCUT2D eigenvalue weighted by atomic mass is 32.2. The van der Waals surface area contributed by atoms with Gasteiger partial charge in [-0.05, 0) is 54.3 Å². The lowest BCUT2D eigenvalue weighted by Gasteiger charge is -2.21. The van der Waals surface area contributed by atoms with Gasteiger partial charge in [0.15, 0.2) is 0 Å². The number of imide groups is 1. The largest absolute Gasteiger partial charge is 0.374 e. The minimum Gasteiger partial charge on any atom is -0.374 e. The van der Waals surface area contributed by atoms with E-state index in [4.69, 9.17) is 0 Å². The van der Waals surface area contributed by atoms with Gasteiger partial charge in [0.2, 0.25) is 21.8 Å². The first-order chi connectivity index (χ1) is 14.2. The molecule has 0 aliphatic carbocycles. The Morgan fingerprint density at radius 2 is 1.80 bits per heavy atom. The number of hydrogen-bond donors (Lipinski definition) is 3. The molecular formula is C21H23N3O5S. The van der Waals surface area contributed by atoms with Crippen molar-refractivity contribution in [2.75, 3.05) is 5.32 Å². The summed E-state index contributed by atoms with van der Waals surface area (Å²) in [4.78, 5) is 23.7. The van der Waals surface area contributed by atoms with E-state index < -0.39 is 22.2 Å². The molecule has 2 amide bonds. The number of fused-ring (bicyclic) bond motifs is 1. The summed E-state index contributed by atoms with van der Waals surface area (Å²) in [5.41, 5.74) is 3.20. The molecule has 9 heteroatoms. The molecule has 2 aromatic carbocycles. The van der Waals surface area contributed by atoms with Gasteiger partial charge in [-0.2, -0.15) is 4.31 Å². The van der Waals surface area contributed by atoms with Gasteiger partial charge in [0.05, 0.1) is 10.8 Å². The quantitative estimate of drug-likeness (QED) is 0.492. The van der Waals surface area contributed by atoms with Crippen molar-refractivity contribution in [1.29, 1.82) is 0 Å². The zero-order chi connectivity index (χ0) is 21.5. The second kappa shape index (κ2) is 7.82. The molecule has 1 saturated heterocycles. The van der Waals surface area contributed by atoms with Crippen molar-refractivity contribution in [1.82, 2.24) is 9.62 Å². The Morgan fingerprint density at radius 1 is 1.10 bits per heavy atom. The third kappa shape index (κ3) is 3.96. The van der Waals surface area contributed by atoms with Crippen molar-refractivity contribution in [3.63, 3.8) is 0 Å². The summed E-state index contributed by atoms with van der Waals surface area (Å²) in [5, 5.41) is 14.5. The van der Waals surface area contributed by atoms with Gasteiger partial charge >= 0.3 is 0 Å². The summed E-state index contributed by atoms with van der Waals surface area (Å²) in [7, 11) is -3.69. The third-order valence-electron chi connectivity index (χ3n) is 5.43. The Morgan fingerprint density at radius 3 is 2.47 bits per heavy atom. The molecule has 1 fully saturated rings. The molecule has 3 N–H and O–H groups in total. The number of nitrogens with one attached hydrogen (secondary N) is 2. The van der Waals surface area contributed by atoms with Crippen molar-refractivity contribution in [3.8, 4) is 0 Å². The van der Waals surface area contributed by atoms with E-state index >= 15 is 0 Å². The van der Waals surface area contributed by atoms with Crippen LogP contribution in [-0.4, -0.2) is 35.9 Å². The first-order valence-corrected chi connectivity index (χ1v) is 11.2. The highest BCUT2D eigenvalue weighted by Gasteiger charge is 2.33. The molecule has 2 unspecified atom stereocenters. The summed E-state index contributed by atoms with van der Waals surface area (Å²) in [5.74, 6) is -0.962. The van der Waals surface area contributed by atoms with Gasteiger partial charge in [0.1, 0.15) is 6.23 Å². The number of benzene rings is 2. The first-order valence-electron chi connectivity index (χ1n) is 9.74. The molecule has 2 atom stereocenters. The van der Waals surface area contributed by atoms with Crippen LogP contribution in [0.1, 0.15) is 42.4 Å². The zero-order valence-electron chi connectivity index (χ0n) is 16.5. The number of rotatable bonds is 5. The summed E-state index contributed by atoms with van der Waals surface area (Å²) in [6.45, 7) is 2.07. The average molecular weight is 429 g/mol. The lowest BCUT2D eigenvalue weighted by Crippen LogP contribution is -2.39. The molecule has 4 rings (SSSR count). The fourth-order valence-electron chi connectivity index (χ4n) is 3.89. The van der Waals surface area contributed by atoms with Crippen LogP contribution in [0.5, 0.6) is 0 Å². The van der Waals surface area contributed by atoms with E-state index in [0.29, 0.717) is 18.5 Å². The van der Waals surface area contributed by atoms with Gasteiger partial charge in [-0.15, -0.1) is 0 Å². The predicted octanol–water partition coefficient (Wildman–Crippen LogP) is 1.66. The number of carbonyl (C=O) groups excluding carboxylic acids is 2. The molecule has 2 heterocycles. The number of piperidine rings is 1. The van der Waals surface area contributed by atoms with E-state index in [1.807, 2.05) is 18.2 Å². The molecule has 0 saturated carbocycles. The Kier molecular flexibility index (Phi) is 5.35. The van der Waals surface area contributed by atoms with Crippen LogP contribution >= 0.6 is 0 Å². The van der Waals surface area contributed by atoms with E-state index in [1.54, 1.807) is 19.1 Å². The minimum absolute atomic E-state index is 0.178. The molecule has 8 nitrogen and oxygen atoms in total. The fourth-order valence-corrected chi connectivity index (χ4v) is 5.29. The Balaban J connectivity index is 1.52. The molecular weight excluding hydrogens is 406 g/mol. The number of nitrogens with zero attached hydrogens (tertiary/aromatic N) is 1. The lowest BCUT2D eigenvalue weighted by atomic mass is 9.89. The van der Waals surface area contributed by atoms with Crippen molar-refractivity contribution in [3.05, 3.63) is 59.2 Å². The topological polar surface area (TPSA) is 116 Å². The standard InChI is InChI=1S/C21H23N3O5S/c1-13(25)22-17-4-6-18(7-5-17)30(28,29)24-11-15-3-2-14(10-16(15)12-24)19-8-9-20(26)23-21(19)27/h2-7,10,13,19,22,25H,8-9,11-12H2,1H3,(H,23,26,27).